The Morgan fingerprint density at radius 1 is 1.07 bits per heavy atom. The van der Waals surface area contributed by atoms with Crippen molar-refractivity contribution in [3.05, 3.63) is 53.1 Å². The van der Waals surface area contributed by atoms with Crippen LogP contribution in [0.4, 0.5) is 5.69 Å². The molecular weight excluding hydrogens is 352 g/mol. The molecule has 0 atom stereocenters. The van der Waals surface area contributed by atoms with Crippen molar-refractivity contribution in [2.45, 2.75) is 52.1 Å². The average Bonchev–Trinajstić information content (AvgIpc) is 3.34. The van der Waals surface area contributed by atoms with Gasteiger partial charge in [0.2, 0.25) is 12.7 Å². The summed E-state index contributed by atoms with van der Waals surface area (Å²) in [7, 11) is 0. The fourth-order valence-corrected chi connectivity index (χ4v) is 4.19. The molecule has 0 aromatic heterocycles. The maximum absolute atomic E-state index is 12.8. The van der Waals surface area contributed by atoms with Crippen LogP contribution in [0.2, 0.25) is 0 Å². The zero-order valence-electron chi connectivity index (χ0n) is 16.7. The molecule has 1 amide bonds. The second-order valence-corrected chi connectivity index (χ2v) is 7.90. The molecule has 148 valence electrons. The number of benzene rings is 2. The molecule has 1 fully saturated rings. The van der Waals surface area contributed by atoms with Gasteiger partial charge in [-0.15, -0.1) is 0 Å². The number of carbonyl (C=O) groups is 1. The second-order valence-electron chi connectivity index (χ2n) is 7.90. The van der Waals surface area contributed by atoms with E-state index in [-0.39, 0.29) is 12.7 Å². The van der Waals surface area contributed by atoms with E-state index in [1.54, 1.807) is 0 Å². The molecule has 1 N–H and O–H groups in total. The van der Waals surface area contributed by atoms with E-state index in [1.165, 1.54) is 18.4 Å². The minimum absolute atomic E-state index is 0.0413. The number of aryl methyl sites for hydroxylation is 2. The van der Waals surface area contributed by atoms with Gasteiger partial charge in [0.1, 0.15) is 0 Å². The Kier molecular flexibility index (Phi) is 5.53. The van der Waals surface area contributed by atoms with Gasteiger partial charge in [-0.2, -0.15) is 0 Å². The number of amides is 1. The van der Waals surface area contributed by atoms with Crippen LogP contribution in [0.5, 0.6) is 11.5 Å². The largest absolute Gasteiger partial charge is 0.454 e. The van der Waals surface area contributed by atoms with E-state index < -0.39 is 0 Å². The first-order valence-corrected chi connectivity index (χ1v) is 10.1. The van der Waals surface area contributed by atoms with E-state index in [2.05, 4.69) is 29.3 Å². The second kappa shape index (κ2) is 8.23. The van der Waals surface area contributed by atoms with Crippen molar-refractivity contribution in [1.29, 1.82) is 0 Å². The number of hydrogen-bond acceptors (Lipinski definition) is 4. The molecule has 28 heavy (non-hydrogen) atoms. The summed E-state index contributed by atoms with van der Waals surface area (Å²) in [5, 5.41) is 3.09. The van der Waals surface area contributed by atoms with Gasteiger partial charge < -0.3 is 14.8 Å². The lowest BCUT2D eigenvalue weighted by molar-refractivity contribution is -0.118. The molecule has 4 rings (SSSR count). The summed E-state index contributed by atoms with van der Waals surface area (Å²) in [4.78, 5) is 15.1. The standard InChI is InChI=1S/C23H28N2O3/c1-16-7-9-20(17(2)11-16)24-23(26)14-25(19-5-3-4-6-19)13-18-8-10-21-22(12-18)28-15-27-21/h7-12,19H,3-6,13-15H2,1-2H3,(H,24,26). The number of nitrogens with one attached hydrogen (secondary N) is 1. The Labute approximate surface area is 166 Å². The normalized spacial score (nSPS) is 16.0. The molecule has 2 aromatic rings. The first kappa shape index (κ1) is 18.8. The summed E-state index contributed by atoms with van der Waals surface area (Å²) in [6.45, 7) is 5.51. The predicted molar refractivity (Wildman–Crippen MR) is 110 cm³/mol. The summed E-state index contributed by atoms with van der Waals surface area (Å²) >= 11 is 0. The molecule has 1 aliphatic heterocycles. The van der Waals surface area contributed by atoms with Crippen molar-refractivity contribution in [3.8, 4) is 11.5 Å². The maximum Gasteiger partial charge on any atom is 0.238 e. The lowest BCUT2D eigenvalue weighted by atomic mass is 10.1. The van der Waals surface area contributed by atoms with Crippen LogP contribution in [0.25, 0.3) is 0 Å². The zero-order valence-corrected chi connectivity index (χ0v) is 16.7. The van der Waals surface area contributed by atoms with Crippen LogP contribution in [0.15, 0.2) is 36.4 Å². The van der Waals surface area contributed by atoms with Crippen LogP contribution in [0.3, 0.4) is 0 Å². The summed E-state index contributed by atoms with van der Waals surface area (Å²) in [5.74, 6) is 1.63. The summed E-state index contributed by atoms with van der Waals surface area (Å²) in [6, 6.07) is 12.6. The smallest absolute Gasteiger partial charge is 0.238 e. The number of carbonyl (C=O) groups excluding carboxylic acids is 1. The quantitative estimate of drug-likeness (QED) is 0.806. The molecular formula is C23H28N2O3. The number of anilines is 1. The minimum atomic E-state index is 0.0413. The highest BCUT2D eigenvalue weighted by molar-refractivity contribution is 5.93. The lowest BCUT2D eigenvalue weighted by Crippen LogP contribution is -2.39. The van der Waals surface area contributed by atoms with E-state index in [0.717, 1.165) is 47.7 Å². The fourth-order valence-electron chi connectivity index (χ4n) is 4.19. The highest BCUT2D eigenvalue weighted by Gasteiger charge is 2.25. The maximum atomic E-state index is 12.8. The Morgan fingerprint density at radius 3 is 2.64 bits per heavy atom. The third-order valence-electron chi connectivity index (χ3n) is 5.67. The van der Waals surface area contributed by atoms with Gasteiger partial charge in [-0.25, -0.2) is 0 Å². The molecule has 5 heteroatoms. The summed E-state index contributed by atoms with van der Waals surface area (Å²) < 4.78 is 10.9. The van der Waals surface area contributed by atoms with Crippen LogP contribution >= 0.6 is 0 Å². The SMILES string of the molecule is Cc1ccc(NC(=O)CN(Cc2ccc3c(c2)OCO3)C2CCCC2)c(C)c1. The predicted octanol–water partition coefficient (Wildman–Crippen LogP) is 4.42. The highest BCUT2D eigenvalue weighted by atomic mass is 16.7. The third kappa shape index (κ3) is 4.30. The fraction of sp³-hybridized carbons (Fsp3) is 0.435. The summed E-state index contributed by atoms with van der Waals surface area (Å²) in [6.07, 6.45) is 4.78. The van der Waals surface area contributed by atoms with Gasteiger partial charge in [0.05, 0.1) is 6.54 Å². The monoisotopic (exact) mass is 380 g/mol. The Balaban J connectivity index is 1.46. The van der Waals surface area contributed by atoms with Crippen molar-refractivity contribution in [1.82, 2.24) is 4.90 Å². The first-order chi connectivity index (χ1) is 13.6. The van der Waals surface area contributed by atoms with Crippen LogP contribution < -0.4 is 14.8 Å². The van der Waals surface area contributed by atoms with E-state index in [9.17, 15) is 4.79 Å². The molecule has 5 nitrogen and oxygen atoms in total. The molecule has 0 unspecified atom stereocenters. The van der Waals surface area contributed by atoms with Crippen LogP contribution in [0, 0.1) is 13.8 Å². The number of nitrogens with zero attached hydrogens (tertiary/aromatic N) is 1. The molecule has 0 radical (unpaired) electrons. The van der Waals surface area contributed by atoms with Crippen LogP contribution in [-0.4, -0.2) is 30.2 Å². The van der Waals surface area contributed by atoms with Crippen molar-refractivity contribution < 1.29 is 14.3 Å². The molecule has 2 aromatic carbocycles. The van der Waals surface area contributed by atoms with Gasteiger partial charge in [0, 0.05) is 18.3 Å². The molecule has 0 bridgehead atoms. The van der Waals surface area contributed by atoms with Gasteiger partial charge in [-0.3, -0.25) is 9.69 Å². The van der Waals surface area contributed by atoms with Gasteiger partial charge >= 0.3 is 0 Å². The molecule has 0 spiro atoms. The van der Waals surface area contributed by atoms with Crippen LogP contribution in [-0.2, 0) is 11.3 Å². The third-order valence-corrected chi connectivity index (χ3v) is 5.67. The van der Waals surface area contributed by atoms with Crippen molar-refractivity contribution in [2.75, 3.05) is 18.7 Å². The molecule has 0 saturated heterocycles. The minimum Gasteiger partial charge on any atom is -0.454 e. The number of rotatable bonds is 6. The average molecular weight is 380 g/mol. The number of fused-ring (bicyclic) bond motifs is 1. The Morgan fingerprint density at radius 2 is 1.86 bits per heavy atom. The van der Waals surface area contributed by atoms with Crippen molar-refractivity contribution in [3.63, 3.8) is 0 Å². The summed E-state index contributed by atoms with van der Waals surface area (Å²) in [5.41, 5.74) is 4.34. The first-order valence-electron chi connectivity index (χ1n) is 10.1. The van der Waals surface area contributed by atoms with Crippen molar-refractivity contribution >= 4 is 11.6 Å². The topological polar surface area (TPSA) is 50.8 Å². The van der Waals surface area contributed by atoms with E-state index in [4.69, 9.17) is 9.47 Å². The van der Waals surface area contributed by atoms with Gasteiger partial charge in [0.15, 0.2) is 11.5 Å². The zero-order chi connectivity index (χ0) is 19.5. The Hall–Kier alpha value is -2.53. The Bertz CT molecular complexity index is 859. The number of hydrogen-bond donors (Lipinski definition) is 1. The van der Waals surface area contributed by atoms with Crippen molar-refractivity contribution in [2.24, 2.45) is 0 Å². The molecule has 1 heterocycles. The van der Waals surface area contributed by atoms with E-state index in [1.807, 2.05) is 31.2 Å². The van der Waals surface area contributed by atoms with Gasteiger partial charge in [0.25, 0.3) is 0 Å². The molecule has 1 aliphatic carbocycles. The van der Waals surface area contributed by atoms with E-state index in [0.29, 0.717) is 12.6 Å². The van der Waals surface area contributed by atoms with Gasteiger partial charge in [-0.1, -0.05) is 36.6 Å². The van der Waals surface area contributed by atoms with Gasteiger partial charge in [-0.05, 0) is 56.0 Å². The van der Waals surface area contributed by atoms with E-state index >= 15 is 0 Å². The lowest BCUT2D eigenvalue weighted by Gasteiger charge is -2.28. The number of ether oxygens (including phenoxy) is 2. The molecule has 1 saturated carbocycles. The van der Waals surface area contributed by atoms with Crippen LogP contribution in [0.1, 0.15) is 42.4 Å². The molecule has 2 aliphatic rings. The highest BCUT2D eigenvalue weighted by Crippen LogP contribution is 2.33.